The quantitative estimate of drug-likeness (QED) is 0.608. The smallest absolute Gasteiger partial charge is 0.0176 e. The van der Waals surface area contributed by atoms with Crippen LogP contribution in [0.1, 0.15) is 19.3 Å². The second kappa shape index (κ2) is 9.34. The average Bonchev–Trinajstić information content (AvgIpc) is 3.09. The van der Waals surface area contributed by atoms with Crippen molar-refractivity contribution >= 4 is 0 Å². The van der Waals surface area contributed by atoms with Crippen molar-refractivity contribution in [1.29, 1.82) is 0 Å². The molecule has 0 unspecified atom stereocenters. The Kier molecular flexibility index (Phi) is 7.38. The molecule has 3 rings (SSSR count). The van der Waals surface area contributed by atoms with E-state index in [0.717, 1.165) is 6.54 Å². The number of aromatic amines is 1. The highest BCUT2D eigenvalue weighted by Crippen LogP contribution is 1.90. The van der Waals surface area contributed by atoms with E-state index in [-0.39, 0.29) is 0 Å². The maximum atomic E-state index is 3.22. The van der Waals surface area contributed by atoms with Crippen LogP contribution in [0, 0.1) is 0 Å². The van der Waals surface area contributed by atoms with Gasteiger partial charge in [0.1, 0.15) is 0 Å². The van der Waals surface area contributed by atoms with E-state index >= 15 is 0 Å². The van der Waals surface area contributed by atoms with Gasteiger partial charge in [-0.1, -0.05) is 6.08 Å². The summed E-state index contributed by atoms with van der Waals surface area (Å²) in [4.78, 5) is 2.86. The average molecular weight is 207 g/mol. The zero-order valence-corrected chi connectivity index (χ0v) is 9.21. The molecule has 2 aliphatic heterocycles. The highest BCUT2D eigenvalue weighted by atomic mass is 14.9. The highest BCUT2D eigenvalue weighted by Gasteiger charge is 1.93. The third-order valence-electron chi connectivity index (χ3n) is 2.14. The van der Waals surface area contributed by atoms with Crippen LogP contribution < -0.4 is 10.6 Å². The van der Waals surface area contributed by atoms with Gasteiger partial charge in [0.15, 0.2) is 0 Å². The van der Waals surface area contributed by atoms with Gasteiger partial charge in [0.2, 0.25) is 0 Å². The SMILES string of the molecule is C1=CNCC1.C1CCNC1.c1cc[nH]c1. The normalized spacial score (nSPS) is 17.1. The van der Waals surface area contributed by atoms with Gasteiger partial charge in [-0.25, -0.2) is 0 Å². The molecule has 0 amide bonds. The zero-order valence-electron chi connectivity index (χ0n) is 9.21. The second-order valence-corrected chi connectivity index (χ2v) is 3.49. The Labute approximate surface area is 92.0 Å². The molecule has 1 aromatic heterocycles. The molecule has 0 saturated carbocycles. The van der Waals surface area contributed by atoms with Crippen LogP contribution in [0.5, 0.6) is 0 Å². The van der Waals surface area contributed by atoms with Crippen molar-refractivity contribution in [3.8, 4) is 0 Å². The van der Waals surface area contributed by atoms with Crippen molar-refractivity contribution < 1.29 is 0 Å². The van der Waals surface area contributed by atoms with Crippen molar-refractivity contribution in [3.05, 3.63) is 36.8 Å². The molecule has 0 spiro atoms. The molecule has 0 atom stereocenters. The van der Waals surface area contributed by atoms with E-state index in [1.165, 1.54) is 32.4 Å². The zero-order chi connectivity index (χ0) is 10.6. The molecule has 3 nitrogen and oxygen atoms in total. The predicted octanol–water partition coefficient (Wildman–Crippen LogP) is 1.88. The molecular formula is C12H21N3. The number of aromatic nitrogens is 1. The maximum Gasteiger partial charge on any atom is 0.0176 e. The summed E-state index contributed by atoms with van der Waals surface area (Å²) < 4.78 is 0. The van der Waals surface area contributed by atoms with Gasteiger partial charge < -0.3 is 15.6 Å². The topological polar surface area (TPSA) is 39.8 Å². The van der Waals surface area contributed by atoms with Crippen LogP contribution in [0.3, 0.4) is 0 Å². The minimum atomic E-state index is 1.14. The Morgan fingerprint density at radius 2 is 1.60 bits per heavy atom. The molecule has 15 heavy (non-hydrogen) atoms. The second-order valence-electron chi connectivity index (χ2n) is 3.49. The summed E-state index contributed by atoms with van der Waals surface area (Å²) >= 11 is 0. The third-order valence-corrected chi connectivity index (χ3v) is 2.14. The number of nitrogens with one attached hydrogen (secondary N) is 3. The van der Waals surface area contributed by atoms with E-state index in [4.69, 9.17) is 0 Å². The number of H-pyrrole nitrogens is 1. The molecule has 3 heteroatoms. The fourth-order valence-corrected chi connectivity index (χ4v) is 1.32. The fraction of sp³-hybridized carbons (Fsp3) is 0.500. The van der Waals surface area contributed by atoms with Crippen LogP contribution in [0.15, 0.2) is 36.8 Å². The number of hydrogen-bond acceptors (Lipinski definition) is 2. The lowest BCUT2D eigenvalue weighted by atomic mass is 10.4. The van der Waals surface area contributed by atoms with Crippen LogP contribution in [-0.2, 0) is 0 Å². The Morgan fingerprint density at radius 3 is 1.80 bits per heavy atom. The van der Waals surface area contributed by atoms with Gasteiger partial charge in [-0.2, -0.15) is 0 Å². The maximum absolute atomic E-state index is 3.22. The first kappa shape index (κ1) is 11.9. The van der Waals surface area contributed by atoms with Crippen LogP contribution >= 0.6 is 0 Å². The fourth-order valence-electron chi connectivity index (χ4n) is 1.32. The molecule has 0 bridgehead atoms. The molecule has 0 aromatic carbocycles. The largest absolute Gasteiger partial charge is 0.391 e. The summed E-state index contributed by atoms with van der Waals surface area (Å²) in [5.41, 5.74) is 0. The molecular weight excluding hydrogens is 186 g/mol. The first-order valence-corrected chi connectivity index (χ1v) is 5.67. The first-order chi connectivity index (χ1) is 7.50. The molecule has 1 fully saturated rings. The molecule has 3 heterocycles. The first-order valence-electron chi connectivity index (χ1n) is 5.67. The van der Waals surface area contributed by atoms with Gasteiger partial charge in [-0.3, -0.25) is 0 Å². The lowest BCUT2D eigenvalue weighted by molar-refractivity contribution is 0.857. The van der Waals surface area contributed by atoms with E-state index in [1.807, 2.05) is 30.7 Å². The minimum Gasteiger partial charge on any atom is -0.391 e. The monoisotopic (exact) mass is 207 g/mol. The molecule has 0 radical (unpaired) electrons. The number of hydrogen-bond donors (Lipinski definition) is 3. The van der Waals surface area contributed by atoms with Crippen molar-refractivity contribution in [1.82, 2.24) is 15.6 Å². The van der Waals surface area contributed by atoms with Gasteiger partial charge in [0.05, 0.1) is 0 Å². The van der Waals surface area contributed by atoms with Crippen molar-refractivity contribution in [3.63, 3.8) is 0 Å². The summed E-state index contributed by atoms with van der Waals surface area (Å²) in [7, 11) is 0. The van der Waals surface area contributed by atoms with E-state index < -0.39 is 0 Å². The lowest BCUT2D eigenvalue weighted by Crippen LogP contribution is -2.03. The van der Waals surface area contributed by atoms with Crippen LogP contribution in [0.2, 0.25) is 0 Å². The van der Waals surface area contributed by atoms with Gasteiger partial charge in [0, 0.05) is 18.9 Å². The van der Waals surface area contributed by atoms with Crippen LogP contribution in [0.25, 0.3) is 0 Å². The molecule has 2 aliphatic rings. The third kappa shape index (κ3) is 7.82. The summed E-state index contributed by atoms with van der Waals surface area (Å²) in [5.74, 6) is 0. The van der Waals surface area contributed by atoms with Crippen LogP contribution in [0.4, 0.5) is 0 Å². The molecule has 0 aliphatic carbocycles. The number of rotatable bonds is 0. The van der Waals surface area contributed by atoms with E-state index in [1.54, 1.807) is 0 Å². The van der Waals surface area contributed by atoms with Gasteiger partial charge in [-0.15, -0.1) is 0 Å². The van der Waals surface area contributed by atoms with Gasteiger partial charge in [-0.05, 0) is 50.7 Å². The van der Waals surface area contributed by atoms with E-state index in [0.29, 0.717) is 0 Å². The molecule has 3 N–H and O–H groups in total. The standard InChI is InChI=1S/C4H9N.C4H7N.C4H5N/c3*1-2-4-5-3-1/h5H,1-4H2;1,3,5H,2,4H2;1-5H. The highest BCUT2D eigenvalue weighted by molar-refractivity contribution is 4.86. The lowest BCUT2D eigenvalue weighted by Gasteiger charge is -1.78. The van der Waals surface area contributed by atoms with Crippen LogP contribution in [-0.4, -0.2) is 24.6 Å². The molecule has 1 saturated heterocycles. The van der Waals surface area contributed by atoms with E-state index in [2.05, 4.69) is 21.7 Å². The Hall–Kier alpha value is -1.22. The molecule has 84 valence electrons. The summed E-state index contributed by atoms with van der Waals surface area (Å²) in [6.07, 6.45) is 11.8. The van der Waals surface area contributed by atoms with E-state index in [9.17, 15) is 0 Å². The van der Waals surface area contributed by atoms with Gasteiger partial charge in [0.25, 0.3) is 0 Å². The van der Waals surface area contributed by atoms with Crippen molar-refractivity contribution in [2.75, 3.05) is 19.6 Å². The summed E-state index contributed by atoms with van der Waals surface area (Å²) in [6.45, 7) is 3.64. The Bertz CT molecular complexity index is 194. The Morgan fingerprint density at radius 1 is 0.867 bits per heavy atom. The van der Waals surface area contributed by atoms with Crippen molar-refractivity contribution in [2.45, 2.75) is 19.3 Å². The summed E-state index contributed by atoms with van der Waals surface area (Å²) in [6, 6.07) is 3.89. The minimum absolute atomic E-state index is 1.14. The molecule has 1 aromatic rings. The van der Waals surface area contributed by atoms with Crippen molar-refractivity contribution in [2.24, 2.45) is 0 Å². The van der Waals surface area contributed by atoms with Gasteiger partial charge >= 0.3 is 0 Å². The Balaban J connectivity index is 0.000000112. The predicted molar refractivity (Wildman–Crippen MR) is 64.7 cm³/mol. The summed E-state index contributed by atoms with van der Waals surface area (Å²) in [5, 5.41) is 6.26.